The quantitative estimate of drug-likeness (QED) is 0.585. The monoisotopic (exact) mass is 495 g/mol. The van der Waals surface area contributed by atoms with Crippen LogP contribution < -0.4 is 15.0 Å². The molecule has 2 aliphatic heterocycles. The van der Waals surface area contributed by atoms with Gasteiger partial charge in [-0.05, 0) is 48.5 Å². The standard InChI is InChI=1S/C26H26FN3O4S/c27-20-8-10-21(11-9-20)29-13-15-30(16-14-29)35(32,33)22-5-3-4-19(18-22)26(31)28-24-12-17-34-25-7-2-1-6-23(24)25/h1-11,18,24H,12-17H2,(H,28,31). The zero-order valence-electron chi connectivity index (χ0n) is 19.1. The second-order valence-electron chi connectivity index (χ2n) is 8.60. The number of para-hydroxylation sites is 1. The number of nitrogens with zero attached hydrogens (tertiary/aromatic N) is 2. The first-order chi connectivity index (χ1) is 16.9. The molecule has 0 aromatic heterocycles. The largest absolute Gasteiger partial charge is 0.493 e. The summed E-state index contributed by atoms with van der Waals surface area (Å²) < 4.78 is 46.9. The SMILES string of the molecule is O=C(NC1CCOc2ccccc21)c1cccc(S(=O)(=O)N2CCN(c3ccc(F)cc3)CC2)c1. The second kappa shape index (κ2) is 9.67. The molecule has 1 unspecified atom stereocenters. The molecule has 0 bridgehead atoms. The number of carbonyl (C=O) groups excluding carboxylic acids is 1. The summed E-state index contributed by atoms with van der Waals surface area (Å²) in [6.07, 6.45) is 0.638. The number of amides is 1. The number of hydrogen-bond donors (Lipinski definition) is 1. The van der Waals surface area contributed by atoms with Crippen molar-refractivity contribution in [2.24, 2.45) is 0 Å². The third kappa shape index (κ3) is 4.87. The van der Waals surface area contributed by atoms with Crippen LogP contribution in [0.25, 0.3) is 0 Å². The average Bonchev–Trinajstić information content (AvgIpc) is 2.89. The number of piperazine rings is 1. The molecule has 0 radical (unpaired) electrons. The third-order valence-corrected chi connectivity index (χ3v) is 8.32. The number of rotatable bonds is 5. The molecular weight excluding hydrogens is 469 g/mol. The van der Waals surface area contributed by atoms with Crippen molar-refractivity contribution in [1.29, 1.82) is 0 Å². The van der Waals surface area contributed by atoms with Gasteiger partial charge in [-0.25, -0.2) is 12.8 Å². The zero-order chi connectivity index (χ0) is 24.4. The van der Waals surface area contributed by atoms with Crippen molar-refractivity contribution in [3.05, 3.63) is 89.7 Å². The first-order valence-electron chi connectivity index (χ1n) is 11.6. The number of hydrogen-bond acceptors (Lipinski definition) is 5. The van der Waals surface area contributed by atoms with E-state index in [1.807, 2.05) is 29.2 Å². The zero-order valence-corrected chi connectivity index (χ0v) is 19.9. The van der Waals surface area contributed by atoms with Gasteiger partial charge in [0.25, 0.3) is 5.91 Å². The maximum Gasteiger partial charge on any atom is 0.251 e. The van der Waals surface area contributed by atoms with Crippen LogP contribution in [-0.4, -0.2) is 51.4 Å². The van der Waals surface area contributed by atoms with Crippen LogP contribution in [0.5, 0.6) is 5.75 Å². The summed E-state index contributed by atoms with van der Waals surface area (Å²) in [6.45, 7) is 2.09. The minimum Gasteiger partial charge on any atom is -0.493 e. The first-order valence-corrected chi connectivity index (χ1v) is 13.0. The Hall–Kier alpha value is -3.43. The van der Waals surface area contributed by atoms with Gasteiger partial charge in [-0.3, -0.25) is 4.79 Å². The van der Waals surface area contributed by atoms with Crippen molar-refractivity contribution in [2.45, 2.75) is 17.4 Å². The number of halogens is 1. The molecule has 1 fully saturated rings. The Kier molecular flexibility index (Phi) is 6.44. The lowest BCUT2D eigenvalue weighted by Crippen LogP contribution is -2.48. The summed E-state index contributed by atoms with van der Waals surface area (Å²) in [5.74, 6) is 0.116. The summed E-state index contributed by atoms with van der Waals surface area (Å²) in [4.78, 5) is 15.1. The fraction of sp³-hybridized carbons (Fsp3) is 0.269. The van der Waals surface area contributed by atoms with E-state index >= 15 is 0 Å². The molecule has 0 aliphatic carbocycles. The molecule has 1 N–H and O–H groups in total. The van der Waals surface area contributed by atoms with E-state index in [-0.39, 0.29) is 22.7 Å². The number of carbonyl (C=O) groups is 1. The molecule has 3 aromatic carbocycles. The van der Waals surface area contributed by atoms with Crippen LogP contribution in [0, 0.1) is 5.82 Å². The van der Waals surface area contributed by atoms with Crippen molar-refractivity contribution in [3.8, 4) is 5.75 Å². The number of sulfonamides is 1. The van der Waals surface area contributed by atoms with Crippen LogP contribution in [-0.2, 0) is 10.0 Å². The highest BCUT2D eigenvalue weighted by Crippen LogP contribution is 2.32. The maximum atomic E-state index is 13.3. The van der Waals surface area contributed by atoms with E-state index in [9.17, 15) is 17.6 Å². The van der Waals surface area contributed by atoms with E-state index in [1.165, 1.54) is 28.6 Å². The third-order valence-electron chi connectivity index (χ3n) is 6.43. The van der Waals surface area contributed by atoms with Gasteiger partial charge in [0.1, 0.15) is 11.6 Å². The number of benzene rings is 3. The topological polar surface area (TPSA) is 78.9 Å². The highest BCUT2D eigenvalue weighted by atomic mass is 32.2. The Morgan fingerprint density at radius 3 is 2.46 bits per heavy atom. The van der Waals surface area contributed by atoms with Crippen molar-refractivity contribution in [2.75, 3.05) is 37.7 Å². The molecule has 2 aliphatic rings. The Morgan fingerprint density at radius 1 is 0.943 bits per heavy atom. The van der Waals surface area contributed by atoms with Crippen LogP contribution in [0.1, 0.15) is 28.4 Å². The lowest BCUT2D eigenvalue weighted by atomic mass is 10.00. The molecule has 5 rings (SSSR count). The fourth-order valence-corrected chi connectivity index (χ4v) is 5.99. The molecule has 182 valence electrons. The molecule has 9 heteroatoms. The van der Waals surface area contributed by atoms with Crippen LogP contribution >= 0.6 is 0 Å². The Labute approximate surface area is 204 Å². The molecular formula is C26H26FN3O4S. The van der Waals surface area contributed by atoms with E-state index in [4.69, 9.17) is 4.74 Å². The van der Waals surface area contributed by atoms with Crippen LogP contribution in [0.3, 0.4) is 0 Å². The predicted molar refractivity (Wildman–Crippen MR) is 131 cm³/mol. The molecule has 1 saturated heterocycles. The van der Waals surface area contributed by atoms with E-state index in [1.54, 1.807) is 24.3 Å². The lowest BCUT2D eigenvalue weighted by Gasteiger charge is -2.35. The molecule has 1 atom stereocenters. The van der Waals surface area contributed by atoms with Crippen LogP contribution in [0.4, 0.5) is 10.1 Å². The molecule has 1 amide bonds. The summed E-state index contributed by atoms with van der Waals surface area (Å²) in [7, 11) is -3.77. The average molecular weight is 496 g/mol. The van der Waals surface area contributed by atoms with Crippen LogP contribution in [0.15, 0.2) is 77.7 Å². The van der Waals surface area contributed by atoms with Crippen molar-refractivity contribution in [3.63, 3.8) is 0 Å². The van der Waals surface area contributed by atoms with E-state index in [0.717, 1.165) is 17.0 Å². The molecule has 0 saturated carbocycles. The Balaban J connectivity index is 1.28. The summed E-state index contributed by atoms with van der Waals surface area (Å²) in [5.41, 5.74) is 2.06. The minimum absolute atomic E-state index is 0.0905. The summed E-state index contributed by atoms with van der Waals surface area (Å²) in [6, 6.07) is 19.7. The predicted octanol–water partition coefficient (Wildman–Crippen LogP) is 3.59. The fourth-order valence-electron chi connectivity index (χ4n) is 4.52. The highest BCUT2D eigenvalue weighted by molar-refractivity contribution is 7.89. The van der Waals surface area contributed by atoms with Crippen molar-refractivity contribution < 1.29 is 22.3 Å². The van der Waals surface area contributed by atoms with Gasteiger partial charge in [0.2, 0.25) is 10.0 Å². The number of fused-ring (bicyclic) bond motifs is 1. The van der Waals surface area contributed by atoms with E-state index in [2.05, 4.69) is 5.32 Å². The Bertz CT molecular complexity index is 1320. The minimum atomic E-state index is -3.77. The molecule has 35 heavy (non-hydrogen) atoms. The smallest absolute Gasteiger partial charge is 0.251 e. The molecule has 0 spiro atoms. The van der Waals surface area contributed by atoms with Gasteiger partial charge in [-0.1, -0.05) is 24.3 Å². The van der Waals surface area contributed by atoms with E-state index < -0.39 is 10.0 Å². The van der Waals surface area contributed by atoms with Crippen LogP contribution in [0.2, 0.25) is 0 Å². The van der Waals surface area contributed by atoms with Gasteiger partial charge in [-0.15, -0.1) is 0 Å². The number of ether oxygens (including phenoxy) is 1. The molecule has 3 aromatic rings. The van der Waals surface area contributed by atoms with Crippen molar-refractivity contribution in [1.82, 2.24) is 9.62 Å². The second-order valence-corrected chi connectivity index (χ2v) is 10.5. The summed E-state index contributed by atoms with van der Waals surface area (Å²) >= 11 is 0. The Morgan fingerprint density at radius 2 is 1.69 bits per heavy atom. The first kappa shape index (κ1) is 23.3. The van der Waals surface area contributed by atoms with Gasteiger partial charge >= 0.3 is 0 Å². The maximum absolute atomic E-state index is 13.3. The van der Waals surface area contributed by atoms with E-state index in [0.29, 0.717) is 44.8 Å². The number of anilines is 1. The van der Waals surface area contributed by atoms with Crippen molar-refractivity contribution >= 4 is 21.6 Å². The van der Waals surface area contributed by atoms with Gasteiger partial charge in [0.05, 0.1) is 17.5 Å². The van der Waals surface area contributed by atoms with Gasteiger partial charge in [-0.2, -0.15) is 4.31 Å². The highest BCUT2D eigenvalue weighted by Gasteiger charge is 2.30. The summed E-state index contributed by atoms with van der Waals surface area (Å²) in [5, 5.41) is 3.02. The lowest BCUT2D eigenvalue weighted by molar-refractivity contribution is 0.0924. The molecule has 7 nitrogen and oxygen atoms in total. The number of nitrogens with one attached hydrogen (secondary N) is 1. The normalized spacial score (nSPS) is 18.4. The van der Waals surface area contributed by atoms with Gasteiger partial charge in [0, 0.05) is 49.4 Å². The van der Waals surface area contributed by atoms with Gasteiger partial charge in [0.15, 0.2) is 0 Å². The molecule has 2 heterocycles. The van der Waals surface area contributed by atoms with Gasteiger partial charge < -0.3 is 15.0 Å².